The molecule has 6 rings (SSSR count). The highest BCUT2D eigenvalue weighted by Gasteiger charge is 2.31. The molecule has 0 saturated carbocycles. The molecule has 4 aromatic carbocycles. The lowest BCUT2D eigenvalue weighted by atomic mass is 9.95. The Hall–Kier alpha value is -3.49. The van der Waals surface area contributed by atoms with E-state index < -0.39 is 7.92 Å². The first-order valence-electron chi connectivity index (χ1n) is 12.5. The average molecular weight is 495 g/mol. The highest BCUT2D eigenvalue weighted by molar-refractivity contribution is 7.80. The number of ether oxygens (including phenoxy) is 2. The van der Waals surface area contributed by atoms with E-state index in [4.69, 9.17) is 9.47 Å². The maximum absolute atomic E-state index is 6.51. The van der Waals surface area contributed by atoms with Crippen molar-refractivity contribution in [1.29, 1.82) is 0 Å². The second-order valence-corrected chi connectivity index (χ2v) is 11.6. The van der Waals surface area contributed by atoms with Crippen LogP contribution in [-0.2, 0) is 0 Å². The van der Waals surface area contributed by atoms with Crippen molar-refractivity contribution < 1.29 is 9.47 Å². The van der Waals surface area contributed by atoms with Crippen LogP contribution in [0.4, 0.5) is 11.4 Å². The number of hydrogen-bond donors (Lipinski definition) is 0. The van der Waals surface area contributed by atoms with Crippen LogP contribution in [0.3, 0.4) is 0 Å². The molecule has 2 aliphatic heterocycles. The normalized spacial score (nSPS) is 14.7. The van der Waals surface area contributed by atoms with Gasteiger partial charge < -0.3 is 19.3 Å². The monoisotopic (exact) mass is 494 g/mol. The minimum atomic E-state index is -0.824. The Labute approximate surface area is 214 Å². The van der Waals surface area contributed by atoms with Gasteiger partial charge in [-0.15, -0.1) is 0 Å². The smallest absolute Gasteiger partial charge is 0.151 e. The van der Waals surface area contributed by atoms with Crippen molar-refractivity contribution in [3.8, 4) is 22.6 Å². The molecule has 36 heavy (non-hydrogen) atoms. The molecule has 4 aromatic rings. The van der Waals surface area contributed by atoms with Gasteiger partial charge in [-0.05, 0) is 48.5 Å². The summed E-state index contributed by atoms with van der Waals surface area (Å²) in [5.74, 6) is 1.93. The zero-order chi connectivity index (χ0) is 24.6. The third-order valence-corrected chi connectivity index (χ3v) is 9.63. The Morgan fingerprint density at radius 3 is 1.67 bits per heavy atom. The second-order valence-electron chi connectivity index (χ2n) is 9.46. The van der Waals surface area contributed by atoms with Crippen LogP contribution in [-0.4, -0.2) is 40.4 Å². The van der Waals surface area contributed by atoms with Crippen LogP contribution in [0.25, 0.3) is 11.1 Å². The number of aryl methyl sites for hydroxylation is 1. The van der Waals surface area contributed by atoms with Crippen molar-refractivity contribution in [2.45, 2.75) is 6.92 Å². The van der Waals surface area contributed by atoms with Crippen LogP contribution in [0, 0.1) is 6.92 Å². The molecule has 0 N–H and O–H groups in total. The molecule has 0 amide bonds. The van der Waals surface area contributed by atoms with Crippen LogP contribution in [0.1, 0.15) is 5.56 Å². The first kappa shape index (κ1) is 22.9. The largest absolute Gasteiger partial charge is 0.489 e. The van der Waals surface area contributed by atoms with Gasteiger partial charge in [-0.25, -0.2) is 0 Å². The van der Waals surface area contributed by atoms with Gasteiger partial charge in [0.15, 0.2) is 11.5 Å². The van der Waals surface area contributed by atoms with Gasteiger partial charge in [0.2, 0.25) is 0 Å². The number of hydrogen-bond acceptors (Lipinski definition) is 4. The van der Waals surface area contributed by atoms with Crippen molar-refractivity contribution in [2.75, 3.05) is 50.2 Å². The lowest BCUT2D eigenvalue weighted by Gasteiger charge is -2.35. The van der Waals surface area contributed by atoms with E-state index in [9.17, 15) is 0 Å². The summed E-state index contributed by atoms with van der Waals surface area (Å²) in [5.41, 5.74) is 5.80. The first-order chi connectivity index (χ1) is 17.6. The van der Waals surface area contributed by atoms with Crippen molar-refractivity contribution in [1.82, 2.24) is 0 Å². The van der Waals surface area contributed by atoms with Gasteiger partial charge in [0.1, 0.15) is 13.2 Å². The summed E-state index contributed by atoms with van der Waals surface area (Å²) < 4.78 is 12.9. The third-order valence-electron chi connectivity index (χ3n) is 7.15. The van der Waals surface area contributed by atoms with E-state index in [2.05, 4.69) is 116 Å². The Morgan fingerprint density at radius 2 is 1.11 bits per heavy atom. The Morgan fingerprint density at radius 1 is 0.611 bits per heavy atom. The van der Waals surface area contributed by atoms with Crippen LogP contribution >= 0.6 is 7.92 Å². The van der Waals surface area contributed by atoms with Gasteiger partial charge >= 0.3 is 0 Å². The average Bonchev–Trinajstić information content (AvgIpc) is 2.91. The van der Waals surface area contributed by atoms with Gasteiger partial charge in [-0.3, -0.25) is 0 Å². The molecule has 2 aliphatic rings. The summed E-state index contributed by atoms with van der Waals surface area (Å²) in [6.07, 6.45) is 0. The highest BCUT2D eigenvalue weighted by Crippen LogP contribution is 2.51. The van der Waals surface area contributed by atoms with Crippen LogP contribution in [0.5, 0.6) is 11.5 Å². The number of rotatable bonds is 4. The van der Waals surface area contributed by atoms with Crippen molar-refractivity contribution in [2.24, 2.45) is 0 Å². The van der Waals surface area contributed by atoms with Crippen LogP contribution in [0.2, 0.25) is 0 Å². The van der Waals surface area contributed by atoms with Gasteiger partial charge in [0.25, 0.3) is 0 Å². The summed E-state index contributed by atoms with van der Waals surface area (Å²) in [6.45, 7) is 5.30. The van der Waals surface area contributed by atoms with E-state index in [1.165, 1.54) is 27.0 Å². The third kappa shape index (κ3) is 3.90. The highest BCUT2D eigenvalue weighted by atomic mass is 31.1. The minimum Gasteiger partial charge on any atom is -0.489 e. The van der Waals surface area contributed by atoms with Crippen LogP contribution in [0.15, 0.2) is 84.9 Å². The minimum absolute atomic E-state index is 0.670. The number of fused-ring (bicyclic) bond motifs is 2. The van der Waals surface area contributed by atoms with E-state index in [-0.39, 0.29) is 0 Å². The molecule has 0 spiro atoms. The van der Waals surface area contributed by atoms with Crippen LogP contribution < -0.4 is 35.2 Å². The SMILES string of the molecule is Cc1ccc2c(c1-c1c(P(c3ccccc3)c3ccccc3)ccc3c1OCCN3C)OCCN2C. The van der Waals surface area contributed by atoms with Gasteiger partial charge in [-0.1, -0.05) is 72.8 Å². The molecule has 0 saturated heterocycles. The molecule has 0 radical (unpaired) electrons. The fourth-order valence-corrected chi connectivity index (χ4v) is 7.71. The number of nitrogens with zero attached hydrogens (tertiary/aromatic N) is 2. The molecular formula is C31H31N2O2P. The maximum Gasteiger partial charge on any atom is 0.151 e. The fraction of sp³-hybridized carbons (Fsp3) is 0.226. The van der Waals surface area contributed by atoms with E-state index in [0.717, 1.165) is 41.5 Å². The van der Waals surface area contributed by atoms with E-state index in [0.29, 0.717) is 13.2 Å². The standard InChI is InChI=1S/C31H31N2O2P/c1-22-14-15-25-30(34-20-18-32(25)2)28(22)29-27(17-16-26-31(29)35-21-19-33(26)3)36(23-10-6-4-7-11-23)24-12-8-5-9-13-24/h4-17H,18-21H2,1-3H3. The van der Waals surface area contributed by atoms with Gasteiger partial charge in [0, 0.05) is 25.2 Å². The molecule has 2 heterocycles. The van der Waals surface area contributed by atoms with E-state index >= 15 is 0 Å². The van der Waals surface area contributed by atoms with E-state index in [1.54, 1.807) is 0 Å². The quantitative estimate of drug-likeness (QED) is 0.370. The Kier molecular flexibility index (Phi) is 6.07. The molecular weight excluding hydrogens is 463 g/mol. The summed E-state index contributed by atoms with van der Waals surface area (Å²) in [5, 5.41) is 3.94. The van der Waals surface area contributed by atoms with Gasteiger partial charge in [0.05, 0.1) is 24.5 Å². The summed E-state index contributed by atoms with van der Waals surface area (Å²) >= 11 is 0. The van der Waals surface area contributed by atoms with E-state index in [1.807, 2.05) is 0 Å². The Balaban J connectivity index is 1.70. The van der Waals surface area contributed by atoms with Crippen molar-refractivity contribution in [3.05, 3.63) is 90.5 Å². The number of likely N-dealkylation sites (N-methyl/N-ethyl adjacent to an activating group) is 2. The predicted molar refractivity (Wildman–Crippen MR) is 153 cm³/mol. The maximum atomic E-state index is 6.51. The zero-order valence-electron chi connectivity index (χ0n) is 21.1. The summed E-state index contributed by atoms with van der Waals surface area (Å²) in [6, 6.07) is 30.8. The molecule has 0 unspecified atom stereocenters. The predicted octanol–water partition coefficient (Wildman–Crippen LogP) is 5.08. The number of anilines is 2. The lowest BCUT2D eigenvalue weighted by Crippen LogP contribution is -2.32. The van der Waals surface area contributed by atoms with Crippen molar-refractivity contribution in [3.63, 3.8) is 0 Å². The first-order valence-corrected chi connectivity index (χ1v) is 13.9. The lowest BCUT2D eigenvalue weighted by molar-refractivity contribution is 0.308. The summed E-state index contributed by atoms with van der Waals surface area (Å²) in [4.78, 5) is 4.60. The Bertz CT molecular complexity index is 1350. The molecule has 5 heteroatoms. The molecule has 0 fully saturated rings. The summed E-state index contributed by atoms with van der Waals surface area (Å²) in [7, 11) is 3.47. The van der Waals surface area contributed by atoms with Crippen molar-refractivity contribution >= 4 is 35.2 Å². The topological polar surface area (TPSA) is 24.9 Å². The molecule has 4 nitrogen and oxygen atoms in total. The molecule has 0 aliphatic carbocycles. The molecule has 0 bridgehead atoms. The fourth-order valence-electron chi connectivity index (χ4n) is 5.25. The van der Waals surface area contributed by atoms with Gasteiger partial charge in [-0.2, -0.15) is 0 Å². The molecule has 0 aromatic heterocycles. The number of benzene rings is 4. The zero-order valence-corrected chi connectivity index (χ0v) is 22.0. The molecule has 0 atom stereocenters. The molecule has 182 valence electrons. The second kappa shape index (κ2) is 9.52.